The van der Waals surface area contributed by atoms with Crippen LogP contribution in [-0.2, 0) is 6.18 Å². The zero-order valence-corrected chi connectivity index (χ0v) is 17.2. The van der Waals surface area contributed by atoms with Crippen molar-refractivity contribution in [3.63, 3.8) is 0 Å². The van der Waals surface area contributed by atoms with Crippen LogP contribution in [0.25, 0.3) is 16.9 Å². The summed E-state index contributed by atoms with van der Waals surface area (Å²) in [5.41, 5.74) is 8.08. The fourth-order valence-electron chi connectivity index (χ4n) is 3.36. The van der Waals surface area contributed by atoms with Gasteiger partial charge in [-0.1, -0.05) is 6.07 Å². The quantitative estimate of drug-likeness (QED) is 0.271. The molecule has 0 saturated heterocycles. The molecule has 33 heavy (non-hydrogen) atoms. The van der Waals surface area contributed by atoms with Crippen molar-refractivity contribution in [2.75, 3.05) is 10.6 Å². The van der Waals surface area contributed by atoms with Gasteiger partial charge in [-0.05, 0) is 48.9 Å². The molecule has 0 atom stereocenters. The molecule has 8 nitrogen and oxygen atoms in total. The first-order valence-corrected chi connectivity index (χ1v) is 9.66. The Morgan fingerprint density at radius 1 is 1.12 bits per heavy atom. The van der Waals surface area contributed by atoms with E-state index in [0.717, 1.165) is 23.9 Å². The molecule has 0 bridgehead atoms. The summed E-state index contributed by atoms with van der Waals surface area (Å²) in [4.78, 5) is 20.9. The number of pyridine rings is 2. The number of carbonyl (C=O) groups is 1. The molecule has 4 aromatic rings. The molecule has 0 aliphatic rings. The summed E-state index contributed by atoms with van der Waals surface area (Å²) in [6.45, 7) is 1.86. The number of nitrogens with one attached hydrogen (secondary N) is 3. The Balaban J connectivity index is 1.68. The number of nitrogens with zero attached hydrogens (tertiary/aromatic N) is 3. The third-order valence-corrected chi connectivity index (χ3v) is 4.91. The maximum absolute atomic E-state index is 12.9. The molecule has 0 spiro atoms. The zero-order valence-electron chi connectivity index (χ0n) is 17.2. The van der Waals surface area contributed by atoms with Crippen molar-refractivity contribution in [3.8, 4) is 11.3 Å². The summed E-state index contributed by atoms with van der Waals surface area (Å²) in [6, 6.07) is 10.0. The highest BCUT2D eigenvalue weighted by atomic mass is 19.4. The van der Waals surface area contributed by atoms with Crippen LogP contribution in [0.15, 0.2) is 61.1 Å². The van der Waals surface area contributed by atoms with E-state index in [9.17, 15) is 18.0 Å². The van der Waals surface area contributed by atoms with Crippen molar-refractivity contribution in [1.82, 2.24) is 14.4 Å². The van der Waals surface area contributed by atoms with Crippen molar-refractivity contribution in [2.24, 2.45) is 5.73 Å². The number of nitrogens with two attached hydrogens (primary N) is 1. The van der Waals surface area contributed by atoms with E-state index in [1.54, 1.807) is 47.1 Å². The fourth-order valence-corrected chi connectivity index (χ4v) is 3.36. The van der Waals surface area contributed by atoms with Crippen molar-refractivity contribution in [2.45, 2.75) is 13.1 Å². The number of benzene rings is 1. The lowest BCUT2D eigenvalue weighted by Crippen LogP contribution is -2.20. The van der Waals surface area contributed by atoms with Crippen molar-refractivity contribution < 1.29 is 18.0 Å². The Labute approximate surface area is 185 Å². The summed E-state index contributed by atoms with van der Waals surface area (Å²) in [5.74, 6) is -1.03. The van der Waals surface area contributed by atoms with Gasteiger partial charge < -0.3 is 16.4 Å². The molecular weight excluding hydrogens is 435 g/mol. The van der Waals surface area contributed by atoms with Crippen molar-refractivity contribution >= 4 is 29.0 Å². The van der Waals surface area contributed by atoms with E-state index in [4.69, 9.17) is 11.1 Å². The molecule has 3 aromatic heterocycles. The monoisotopic (exact) mass is 453 g/mol. The summed E-state index contributed by atoms with van der Waals surface area (Å²) < 4.78 is 40.6. The predicted molar refractivity (Wildman–Crippen MR) is 118 cm³/mol. The highest BCUT2D eigenvalue weighted by Gasteiger charge is 2.31. The SMILES string of the molecule is Cc1ccc(C(=O)Nc2cc(C(F)(F)F)ccn2)cc1-c1cnc2c(NC(=N)N)cccn12. The average molecular weight is 453 g/mol. The van der Waals surface area contributed by atoms with Gasteiger partial charge in [0, 0.05) is 23.5 Å². The molecular formula is C22H18F3N7O. The second kappa shape index (κ2) is 8.26. The number of aryl methyl sites for hydroxylation is 1. The van der Waals surface area contributed by atoms with Crippen LogP contribution in [-0.4, -0.2) is 26.2 Å². The largest absolute Gasteiger partial charge is 0.416 e. The van der Waals surface area contributed by atoms with Gasteiger partial charge in [0.05, 0.1) is 23.1 Å². The van der Waals surface area contributed by atoms with Gasteiger partial charge in [0.2, 0.25) is 0 Å². The molecule has 5 N–H and O–H groups in total. The molecule has 0 radical (unpaired) electrons. The Hall–Kier alpha value is -4.41. The van der Waals surface area contributed by atoms with Gasteiger partial charge in [0.25, 0.3) is 5.91 Å². The van der Waals surface area contributed by atoms with E-state index in [0.29, 0.717) is 22.6 Å². The van der Waals surface area contributed by atoms with Gasteiger partial charge in [0.1, 0.15) is 5.82 Å². The summed E-state index contributed by atoms with van der Waals surface area (Å²) in [6.07, 6.45) is -0.149. The van der Waals surface area contributed by atoms with E-state index in [1.165, 1.54) is 0 Å². The number of guanidine groups is 1. The third-order valence-electron chi connectivity index (χ3n) is 4.91. The zero-order chi connectivity index (χ0) is 23.8. The van der Waals surface area contributed by atoms with Crippen LogP contribution in [0.4, 0.5) is 24.7 Å². The second-order valence-electron chi connectivity index (χ2n) is 7.21. The van der Waals surface area contributed by atoms with Crippen LogP contribution in [0, 0.1) is 12.3 Å². The maximum atomic E-state index is 12.9. The minimum atomic E-state index is -4.54. The number of amides is 1. The molecule has 1 aromatic carbocycles. The minimum absolute atomic E-state index is 0.202. The molecule has 0 fully saturated rings. The molecule has 3 heterocycles. The molecule has 0 aliphatic carbocycles. The van der Waals surface area contributed by atoms with Crippen LogP contribution < -0.4 is 16.4 Å². The average Bonchev–Trinajstić information content (AvgIpc) is 3.18. The molecule has 0 aliphatic heterocycles. The van der Waals surface area contributed by atoms with Gasteiger partial charge >= 0.3 is 6.18 Å². The van der Waals surface area contributed by atoms with Gasteiger partial charge in [-0.25, -0.2) is 9.97 Å². The van der Waals surface area contributed by atoms with E-state index >= 15 is 0 Å². The number of imidazole rings is 1. The smallest absolute Gasteiger partial charge is 0.370 e. The standard InChI is InChI=1S/C22H18F3N7O/c1-12-4-5-13(20(33)31-18-10-14(6-7-28-18)22(23,24)25)9-15(12)17-11-29-19-16(30-21(26)27)3-2-8-32(17)19/h2-11H,1H3,(H4,26,27,30)(H,28,31,33). The normalized spacial score (nSPS) is 11.4. The molecule has 11 heteroatoms. The topological polar surface area (TPSA) is 121 Å². The van der Waals surface area contributed by atoms with Gasteiger partial charge in [0.15, 0.2) is 11.6 Å². The Morgan fingerprint density at radius 2 is 1.91 bits per heavy atom. The molecule has 4 rings (SSSR count). The second-order valence-corrected chi connectivity index (χ2v) is 7.21. The highest BCUT2D eigenvalue weighted by Crippen LogP contribution is 2.31. The number of carbonyl (C=O) groups excluding carboxylic acids is 1. The van der Waals surface area contributed by atoms with E-state index in [-0.39, 0.29) is 17.3 Å². The number of alkyl halides is 3. The van der Waals surface area contributed by atoms with Crippen molar-refractivity contribution in [1.29, 1.82) is 5.41 Å². The number of rotatable bonds is 4. The molecule has 0 unspecified atom stereocenters. The number of aromatic nitrogens is 3. The molecule has 168 valence electrons. The van der Waals surface area contributed by atoms with Crippen LogP contribution in [0.2, 0.25) is 0 Å². The molecule has 0 saturated carbocycles. The van der Waals surface area contributed by atoms with E-state index in [2.05, 4.69) is 20.6 Å². The third kappa shape index (κ3) is 4.47. The van der Waals surface area contributed by atoms with Crippen molar-refractivity contribution in [3.05, 3.63) is 77.7 Å². The van der Waals surface area contributed by atoms with Crippen LogP contribution >= 0.6 is 0 Å². The summed E-state index contributed by atoms with van der Waals surface area (Å²) in [7, 11) is 0. The van der Waals surface area contributed by atoms with Gasteiger partial charge in [-0.2, -0.15) is 13.2 Å². The molecule has 1 amide bonds. The highest BCUT2D eigenvalue weighted by molar-refractivity contribution is 6.04. The number of anilines is 2. The van der Waals surface area contributed by atoms with Crippen LogP contribution in [0.3, 0.4) is 0 Å². The number of halogens is 3. The van der Waals surface area contributed by atoms with Gasteiger partial charge in [-0.3, -0.25) is 14.6 Å². The Morgan fingerprint density at radius 3 is 2.64 bits per heavy atom. The number of hydrogen-bond donors (Lipinski definition) is 4. The first-order valence-electron chi connectivity index (χ1n) is 9.66. The van der Waals surface area contributed by atoms with Crippen LogP contribution in [0.5, 0.6) is 0 Å². The summed E-state index contributed by atoms with van der Waals surface area (Å²) >= 11 is 0. The number of fused-ring (bicyclic) bond motifs is 1. The maximum Gasteiger partial charge on any atom is 0.416 e. The van der Waals surface area contributed by atoms with E-state index in [1.807, 2.05) is 6.92 Å². The lowest BCUT2D eigenvalue weighted by atomic mass is 10.0. The van der Waals surface area contributed by atoms with E-state index < -0.39 is 17.6 Å². The Kier molecular flexibility index (Phi) is 5.46. The lowest BCUT2D eigenvalue weighted by molar-refractivity contribution is -0.137. The predicted octanol–water partition coefficient (Wildman–Crippen LogP) is 4.28. The summed E-state index contributed by atoms with van der Waals surface area (Å²) in [5, 5.41) is 12.6. The van der Waals surface area contributed by atoms with Crippen LogP contribution in [0.1, 0.15) is 21.5 Å². The first-order chi connectivity index (χ1) is 15.6. The minimum Gasteiger partial charge on any atom is -0.370 e. The first kappa shape index (κ1) is 21.8. The Bertz CT molecular complexity index is 1380. The lowest BCUT2D eigenvalue weighted by Gasteiger charge is -2.11. The number of hydrogen-bond acceptors (Lipinski definition) is 4. The van der Waals surface area contributed by atoms with Gasteiger partial charge in [-0.15, -0.1) is 0 Å². The fraction of sp³-hybridized carbons (Fsp3) is 0.0909.